The third-order valence-electron chi connectivity index (χ3n) is 3.39. The molecule has 0 aliphatic heterocycles. The lowest BCUT2D eigenvalue weighted by Gasteiger charge is -2.12. The molecule has 102 valence electrons. The van der Waals surface area contributed by atoms with Gasteiger partial charge in [-0.05, 0) is 38.2 Å². The van der Waals surface area contributed by atoms with Gasteiger partial charge < -0.3 is 5.11 Å². The zero-order valence-electron chi connectivity index (χ0n) is 10.6. The van der Waals surface area contributed by atoms with Crippen molar-refractivity contribution in [1.29, 1.82) is 0 Å². The predicted molar refractivity (Wildman–Crippen MR) is 72.1 cm³/mol. The fourth-order valence-electron chi connectivity index (χ4n) is 2.47. The summed E-state index contributed by atoms with van der Waals surface area (Å²) in [5, 5.41) is 9.06. The topological polar surface area (TPSA) is 66.4 Å². The highest BCUT2D eigenvalue weighted by atomic mass is 32.2. The van der Waals surface area contributed by atoms with Crippen molar-refractivity contribution in [2.75, 3.05) is 0 Å². The number of aliphatic hydroxyl groups is 1. The van der Waals surface area contributed by atoms with Gasteiger partial charge in [0, 0.05) is 15.8 Å². The molecule has 1 aromatic rings. The van der Waals surface area contributed by atoms with Gasteiger partial charge in [-0.15, -0.1) is 11.3 Å². The number of thiophene rings is 1. The van der Waals surface area contributed by atoms with Gasteiger partial charge >= 0.3 is 0 Å². The maximum absolute atomic E-state index is 12.3. The molecule has 1 saturated carbocycles. The number of aryl methyl sites for hydroxylation is 1. The number of sulfonamides is 1. The Balaban J connectivity index is 2.17. The van der Waals surface area contributed by atoms with Gasteiger partial charge in [0.15, 0.2) is 0 Å². The molecule has 0 radical (unpaired) electrons. The van der Waals surface area contributed by atoms with Crippen molar-refractivity contribution in [3.8, 4) is 0 Å². The zero-order valence-corrected chi connectivity index (χ0v) is 12.3. The van der Waals surface area contributed by atoms with Crippen molar-refractivity contribution in [2.24, 2.45) is 5.92 Å². The van der Waals surface area contributed by atoms with Gasteiger partial charge in [0.2, 0.25) is 10.0 Å². The minimum absolute atomic E-state index is 0.0573. The Morgan fingerprint density at radius 3 is 2.72 bits per heavy atom. The Morgan fingerprint density at radius 2 is 2.22 bits per heavy atom. The van der Waals surface area contributed by atoms with Gasteiger partial charge in [-0.1, -0.05) is 6.92 Å². The van der Waals surface area contributed by atoms with Crippen LogP contribution in [0, 0.1) is 12.8 Å². The molecule has 0 spiro atoms. The zero-order chi connectivity index (χ0) is 13.3. The summed E-state index contributed by atoms with van der Waals surface area (Å²) in [5.41, 5.74) is 0. The largest absolute Gasteiger partial charge is 0.391 e. The minimum Gasteiger partial charge on any atom is -0.391 e. The lowest BCUT2D eigenvalue weighted by molar-refractivity contribution is 0.285. The standard InChI is InChI=1S/C12H19NO3S2/c1-8-3-4-10(5-8)13-18(15,16)12-6-11(7-14)17-9(12)2/h6,8,10,13-14H,3-5,7H2,1-2H3. The fraction of sp³-hybridized carbons (Fsp3) is 0.667. The molecule has 0 bridgehead atoms. The third-order valence-corrected chi connectivity index (χ3v) is 6.20. The van der Waals surface area contributed by atoms with Crippen LogP contribution in [0.5, 0.6) is 0 Å². The molecule has 0 saturated heterocycles. The molecule has 0 aromatic carbocycles. The molecule has 1 fully saturated rings. The van der Waals surface area contributed by atoms with E-state index in [1.165, 1.54) is 11.3 Å². The molecule has 2 unspecified atom stereocenters. The number of hydrogen-bond acceptors (Lipinski definition) is 4. The highest BCUT2D eigenvalue weighted by Gasteiger charge is 2.28. The first kappa shape index (κ1) is 14.0. The molecule has 1 aliphatic carbocycles. The van der Waals surface area contributed by atoms with E-state index in [0.29, 0.717) is 15.7 Å². The first-order valence-corrected chi connectivity index (χ1v) is 8.45. The van der Waals surface area contributed by atoms with E-state index in [9.17, 15) is 8.42 Å². The Kier molecular flexibility index (Phi) is 4.11. The van der Waals surface area contributed by atoms with Gasteiger partial charge in [-0.25, -0.2) is 13.1 Å². The fourth-order valence-corrected chi connectivity index (χ4v) is 5.24. The Hall–Kier alpha value is -0.430. The lowest BCUT2D eigenvalue weighted by Crippen LogP contribution is -2.33. The predicted octanol–water partition coefficient (Wildman–Crippen LogP) is 2.02. The van der Waals surface area contributed by atoms with E-state index in [2.05, 4.69) is 11.6 Å². The van der Waals surface area contributed by atoms with Crippen molar-refractivity contribution in [3.63, 3.8) is 0 Å². The molecule has 1 aromatic heterocycles. The molecular weight excluding hydrogens is 270 g/mol. The SMILES string of the molecule is Cc1sc(CO)cc1S(=O)(=O)NC1CCC(C)C1. The van der Waals surface area contributed by atoms with Crippen LogP contribution in [-0.4, -0.2) is 19.6 Å². The van der Waals surface area contributed by atoms with Crippen molar-refractivity contribution < 1.29 is 13.5 Å². The molecule has 2 atom stereocenters. The molecular formula is C12H19NO3S2. The summed E-state index contributed by atoms with van der Waals surface area (Å²) in [6.45, 7) is 3.81. The molecule has 18 heavy (non-hydrogen) atoms. The Morgan fingerprint density at radius 1 is 1.50 bits per heavy atom. The molecule has 0 amide bonds. The van der Waals surface area contributed by atoms with Crippen LogP contribution < -0.4 is 4.72 Å². The number of hydrogen-bond donors (Lipinski definition) is 2. The average molecular weight is 289 g/mol. The minimum atomic E-state index is -3.44. The van der Waals surface area contributed by atoms with Crippen molar-refractivity contribution in [2.45, 2.75) is 50.7 Å². The summed E-state index contributed by atoms with van der Waals surface area (Å²) in [7, 11) is -3.44. The van der Waals surface area contributed by atoms with Gasteiger partial charge in [0.05, 0.1) is 11.5 Å². The first-order chi connectivity index (χ1) is 8.42. The Bertz CT molecular complexity index is 521. The second-order valence-electron chi connectivity index (χ2n) is 5.03. The van der Waals surface area contributed by atoms with E-state index in [1.54, 1.807) is 13.0 Å². The van der Waals surface area contributed by atoms with E-state index < -0.39 is 10.0 Å². The maximum atomic E-state index is 12.3. The quantitative estimate of drug-likeness (QED) is 0.891. The number of rotatable bonds is 4. The van der Waals surface area contributed by atoms with E-state index in [1.807, 2.05) is 0 Å². The van der Waals surface area contributed by atoms with Crippen molar-refractivity contribution in [3.05, 3.63) is 15.8 Å². The van der Waals surface area contributed by atoms with Crippen LogP contribution in [0.2, 0.25) is 0 Å². The summed E-state index contributed by atoms with van der Waals surface area (Å²) >= 11 is 1.33. The monoisotopic (exact) mass is 289 g/mol. The summed E-state index contributed by atoms with van der Waals surface area (Å²) in [5.74, 6) is 0.592. The van der Waals surface area contributed by atoms with Crippen molar-refractivity contribution in [1.82, 2.24) is 4.72 Å². The summed E-state index contributed by atoms with van der Waals surface area (Å²) in [4.78, 5) is 1.74. The van der Waals surface area contributed by atoms with E-state index >= 15 is 0 Å². The smallest absolute Gasteiger partial charge is 0.241 e. The van der Waals surface area contributed by atoms with E-state index in [-0.39, 0.29) is 12.6 Å². The average Bonchev–Trinajstić information content (AvgIpc) is 2.84. The number of nitrogens with one attached hydrogen (secondary N) is 1. The molecule has 1 heterocycles. The summed E-state index contributed by atoms with van der Waals surface area (Å²) < 4.78 is 27.3. The normalized spacial score (nSPS) is 24.6. The van der Waals surface area contributed by atoms with Crippen LogP contribution in [0.4, 0.5) is 0 Å². The summed E-state index contributed by atoms with van der Waals surface area (Å²) in [6, 6.07) is 1.63. The number of aliphatic hydroxyl groups excluding tert-OH is 1. The second kappa shape index (κ2) is 5.28. The van der Waals surface area contributed by atoms with Crippen LogP contribution >= 0.6 is 11.3 Å². The second-order valence-corrected chi connectivity index (χ2v) is 8.05. The van der Waals surface area contributed by atoms with Gasteiger partial charge in [0.1, 0.15) is 0 Å². The molecule has 1 aliphatic rings. The van der Waals surface area contributed by atoms with E-state index in [0.717, 1.165) is 24.1 Å². The van der Waals surface area contributed by atoms with Crippen LogP contribution in [0.3, 0.4) is 0 Å². The maximum Gasteiger partial charge on any atom is 0.241 e. The molecule has 6 heteroatoms. The molecule has 4 nitrogen and oxygen atoms in total. The van der Waals surface area contributed by atoms with Crippen molar-refractivity contribution >= 4 is 21.4 Å². The van der Waals surface area contributed by atoms with Crippen LogP contribution in [-0.2, 0) is 16.6 Å². The van der Waals surface area contributed by atoms with Gasteiger partial charge in [-0.3, -0.25) is 0 Å². The van der Waals surface area contributed by atoms with Crippen LogP contribution in [0.1, 0.15) is 35.9 Å². The summed E-state index contributed by atoms with van der Waals surface area (Å²) in [6.07, 6.45) is 2.91. The van der Waals surface area contributed by atoms with Crippen LogP contribution in [0.15, 0.2) is 11.0 Å². The molecule has 2 N–H and O–H groups in total. The Labute approximate surface area is 112 Å². The highest BCUT2D eigenvalue weighted by molar-refractivity contribution is 7.89. The molecule has 2 rings (SSSR count). The lowest BCUT2D eigenvalue weighted by atomic mass is 10.1. The third kappa shape index (κ3) is 2.93. The van der Waals surface area contributed by atoms with Crippen LogP contribution in [0.25, 0.3) is 0 Å². The van der Waals surface area contributed by atoms with Gasteiger partial charge in [-0.2, -0.15) is 0 Å². The van der Waals surface area contributed by atoms with Gasteiger partial charge in [0.25, 0.3) is 0 Å². The first-order valence-electron chi connectivity index (χ1n) is 6.15. The van der Waals surface area contributed by atoms with E-state index in [4.69, 9.17) is 5.11 Å². The highest BCUT2D eigenvalue weighted by Crippen LogP contribution is 2.29.